The topological polar surface area (TPSA) is 0 Å². The zero-order chi connectivity index (χ0) is 22.5. The lowest BCUT2D eigenvalue weighted by molar-refractivity contribution is 1.63. The Hall–Kier alpha value is -4.42. The summed E-state index contributed by atoms with van der Waals surface area (Å²) in [6.07, 6.45) is 0. The minimum atomic E-state index is 1.25. The van der Waals surface area contributed by atoms with Gasteiger partial charge in [0.1, 0.15) is 0 Å². The van der Waals surface area contributed by atoms with Gasteiger partial charge in [-0.1, -0.05) is 127 Å². The van der Waals surface area contributed by atoms with Crippen LogP contribution in [-0.4, -0.2) is 0 Å². The van der Waals surface area contributed by atoms with Crippen LogP contribution in [-0.2, 0) is 0 Å². The van der Waals surface area contributed by atoms with E-state index in [4.69, 9.17) is 0 Å². The maximum atomic E-state index is 2.34. The van der Waals surface area contributed by atoms with Crippen LogP contribution in [0.1, 0.15) is 0 Å². The molecule has 0 spiro atoms. The average Bonchev–Trinajstić information content (AvgIpc) is 2.92. The fourth-order valence-corrected chi connectivity index (χ4v) is 5.44. The maximum absolute atomic E-state index is 2.34. The number of hydrogen-bond acceptors (Lipinski definition) is 0. The Bertz CT molecular complexity index is 1720. The molecule has 0 heterocycles. The van der Waals surface area contributed by atoms with E-state index in [1.807, 2.05) is 0 Å². The Kier molecular flexibility index (Phi) is 4.25. The lowest BCUT2D eigenvalue weighted by atomic mass is 9.91. The first kappa shape index (κ1) is 19.1. The van der Waals surface area contributed by atoms with Crippen molar-refractivity contribution < 1.29 is 0 Å². The van der Waals surface area contributed by atoms with Crippen LogP contribution in [0.3, 0.4) is 0 Å². The van der Waals surface area contributed by atoms with Crippen LogP contribution in [0, 0.1) is 0 Å². The second-order valence-electron chi connectivity index (χ2n) is 8.96. The molecule has 158 valence electrons. The number of hydrogen-bond donors (Lipinski definition) is 0. The average molecular weight is 431 g/mol. The zero-order valence-electron chi connectivity index (χ0n) is 18.7. The summed E-state index contributed by atoms with van der Waals surface area (Å²) >= 11 is 0. The van der Waals surface area contributed by atoms with E-state index in [1.54, 1.807) is 0 Å². The van der Waals surface area contributed by atoms with Crippen LogP contribution >= 0.6 is 0 Å². The highest BCUT2D eigenvalue weighted by Crippen LogP contribution is 2.37. The summed E-state index contributed by atoms with van der Waals surface area (Å²) in [5.41, 5.74) is 5.04. The first-order chi connectivity index (χ1) is 16.9. The van der Waals surface area contributed by atoms with E-state index < -0.39 is 0 Å². The van der Waals surface area contributed by atoms with Crippen molar-refractivity contribution in [3.63, 3.8) is 0 Å². The molecule has 7 aromatic rings. The van der Waals surface area contributed by atoms with Crippen molar-refractivity contribution in [2.45, 2.75) is 0 Å². The van der Waals surface area contributed by atoms with Crippen LogP contribution in [0.4, 0.5) is 0 Å². The van der Waals surface area contributed by atoms with E-state index >= 15 is 0 Å². The molecule has 0 aromatic heterocycles. The number of fused-ring (bicyclic) bond motifs is 6. The smallest absolute Gasteiger partial charge is 0.00990 e. The largest absolute Gasteiger partial charge is 0.0616 e. The minimum Gasteiger partial charge on any atom is -0.0616 e. The van der Waals surface area contributed by atoms with Gasteiger partial charge in [0.2, 0.25) is 0 Å². The quantitative estimate of drug-likeness (QED) is 0.239. The molecule has 0 saturated heterocycles. The third-order valence-electron chi connectivity index (χ3n) is 7.06. The van der Waals surface area contributed by atoms with Crippen molar-refractivity contribution in [1.29, 1.82) is 0 Å². The summed E-state index contributed by atoms with van der Waals surface area (Å²) < 4.78 is 0. The third kappa shape index (κ3) is 2.93. The van der Waals surface area contributed by atoms with Gasteiger partial charge < -0.3 is 0 Å². The SMILES string of the molecule is c1cc(-c2cccc3c2ccc2ccccc23)cc(-c2cccc3c2ccc2ccccc23)c1. The number of rotatable bonds is 2. The molecule has 0 radical (unpaired) electrons. The Balaban J connectivity index is 1.44. The van der Waals surface area contributed by atoms with E-state index in [0.717, 1.165) is 0 Å². The molecule has 0 atom stereocenters. The van der Waals surface area contributed by atoms with Gasteiger partial charge in [-0.2, -0.15) is 0 Å². The summed E-state index contributed by atoms with van der Waals surface area (Å²) in [5, 5.41) is 10.4. The zero-order valence-corrected chi connectivity index (χ0v) is 18.7. The van der Waals surface area contributed by atoms with Gasteiger partial charge in [0.05, 0.1) is 0 Å². The highest BCUT2D eigenvalue weighted by atomic mass is 14.1. The fraction of sp³-hybridized carbons (Fsp3) is 0. The van der Waals surface area contributed by atoms with Crippen LogP contribution in [0.15, 0.2) is 133 Å². The van der Waals surface area contributed by atoms with Crippen molar-refractivity contribution in [2.24, 2.45) is 0 Å². The molecule has 0 N–H and O–H groups in total. The Morgan fingerprint density at radius 1 is 0.265 bits per heavy atom. The van der Waals surface area contributed by atoms with E-state index in [2.05, 4.69) is 133 Å². The Morgan fingerprint density at radius 2 is 0.706 bits per heavy atom. The van der Waals surface area contributed by atoms with Gasteiger partial charge in [-0.05, 0) is 71.4 Å². The second kappa shape index (κ2) is 7.57. The highest BCUT2D eigenvalue weighted by Gasteiger charge is 2.10. The summed E-state index contributed by atoms with van der Waals surface area (Å²) in [6, 6.07) is 48.6. The molecule has 0 saturated carbocycles. The molecule has 0 amide bonds. The van der Waals surface area contributed by atoms with Gasteiger partial charge in [0, 0.05) is 0 Å². The van der Waals surface area contributed by atoms with Crippen molar-refractivity contribution in [3.8, 4) is 22.3 Å². The lowest BCUT2D eigenvalue weighted by Gasteiger charge is -2.13. The van der Waals surface area contributed by atoms with Crippen LogP contribution in [0.5, 0.6) is 0 Å². The molecule has 7 aromatic carbocycles. The van der Waals surface area contributed by atoms with Gasteiger partial charge in [-0.3, -0.25) is 0 Å². The number of benzene rings is 7. The molecule has 0 aliphatic rings. The van der Waals surface area contributed by atoms with Gasteiger partial charge >= 0.3 is 0 Å². The molecule has 0 nitrogen and oxygen atoms in total. The predicted octanol–water partition coefficient (Wildman–Crippen LogP) is 9.63. The van der Waals surface area contributed by atoms with Gasteiger partial charge in [0.25, 0.3) is 0 Å². The van der Waals surface area contributed by atoms with Crippen LogP contribution in [0.25, 0.3) is 65.3 Å². The summed E-state index contributed by atoms with van der Waals surface area (Å²) in [5.74, 6) is 0. The summed E-state index contributed by atoms with van der Waals surface area (Å²) in [4.78, 5) is 0. The predicted molar refractivity (Wildman–Crippen MR) is 147 cm³/mol. The molecular weight excluding hydrogens is 408 g/mol. The second-order valence-corrected chi connectivity index (χ2v) is 8.96. The molecule has 34 heavy (non-hydrogen) atoms. The maximum Gasteiger partial charge on any atom is -0.00990 e. The standard InChI is InChI=1S/C34H22/c1-3-12-27-23(8-1)18-20-33-29(14-6-16-31(27)33)25-10-5-11-26(22-25)30-15-7-17-32-28-13-4-2-9-24(28)19-21-34(30)32/h1-22H. The van der Waals surface area contributed by atoms with Gasteiger partial charge in [-0.15, -0.1) is 0 Å². The van der Waals surface area contributed by atoms with Crippen molar-refractivity contribution >= 4 is 43.1 Å². The molecule has 0 heteroatoms. The van der Waals surface area contributed by atoms with Gasteiger partial charge in [-0.25, -0.2) is 0 Å². The van der Waals surface area contributed by atoms with Crippen molar-refractivity contribution in [2.75, 3.05) is 0 Å². The Labute approximate surface area is 198 Å². The van der Waals surface area contributed by atoms with Crippen LogP contribution < -0.4 is 0 Å². The molecule has 0 aliphatic carbocycles. The minimum absolute atomic E-state index is 1.25. The molecule has 0 unspecified atom stereocenters. The Morgan fingerprint density at radius 3 is 1.24 bits per heavy atom. The molecule has 0 aliphatic heterocycles. The van der Waals surface area contributed by atoms with Gasteiger partial charge in [0.15, 0.2) is 0 Å². The molecule has 0 fully saturated rings. The summed E-state index contributed by atoms with van der Waals surface area (Å²) in [7, 11) is 0. The first-order valence-corrected chi connectivity index (χ1v) is 11.8. The molecule has 7 rings (SSSR count). The van der Waals surface area contributed by atoms with E-state index in [9.17, 15) is 0 Å². The third-order valence-corrected chi connectivity index (χ3v) is 7.06. The fourth-order valence-electron chi connectivity index (χ4n) is 5.44. The van der Waals surface area contributed by atoms with E-state index in [-0.39, 0.29) is 0 Å². The highest BCUT2D eigenvalue weighted by molar-refractivity contribution is 6.13. The molecule has 0 bridgehead atoms. The van der Waals surface area contributed by atoms with Crippen LogP contribution in [0.2, 0.25) is 0 Å². The van der Waals surface area contributed by atoms with E-state index in [1.165, 1.54) is 65.3 Å². The lowest BCUT2D eigenvalue weighted by Crippen LogP contribution is -1.86. The summed E-state index contributed by atoms with van der Waals surface area (Å²) in [6.45, 7) is 0. The van der Waals surface area contributed by atoms with Crippen molar-refractivity contribution in [3.05, 3.63) is 133 Å². The molecular formula is C34H22. The normalized spacial score (nSPS) is 11.5. The monoisotopic (exact) mass is 430 g/mol. The van der Waals surface area contributed by atoms with Crippen molar-refractivity contribution in [1.82, 2.24) is 0 Å². The van der Waals surface area contributed by atoms with E-state index in [0.29, 0.717) is 0 Å². The first-order valence-electron chi connectivity index (χ1n) is 11.8.